The second kappa shape index (κ2) is 21.0. The number of aromatic amines is 1. The molecule has 22 heteroatoms. The number of nitrogens with two attached hydrogens (primary N) is 3. The highest BCUT2D eigenvalue weighted by molar-refractivity contribution is 8.76. The van der Waals surface area contributed by atoms with E-state index in [0.717, 1.165) is 0 Å². The molecule has 0 spiro atoms. The van der Waals surface area contributed by atoms with Crippen LogP contribution in [0.4, 0.5) is 0 Å². The molecular formula is C34H47N11O9S2. The van der Waals surface area contributed by atoms with E-state index in [1.165, 1.54) is 32.7 Å². The summed E-state index contributed by atoms with van der Waals surface area (Å²) in [6, 6.07) is 0.576. The quantitative estimate of drug-likeness (QED) is 0.0572. The number of hydrogen-bond donors (Lipinski definition) is 10. The van der Waals surface area contributed by atoms with Gasteiger partial charge in [-0.15, -0.1) is 0 Å². The van der Waals surface area contributed by atoms with Gasteiger partial charge in [0.05, 0.1) is 13.0 Å². The highest BCUT2D eigenvalue weighted by Crippen LogP contribution is 2.29. The lowest BCUT2D eigenvalue weighted by Crippen LogP contribution is -2.56. The molecule has 2 fully saturated rings. The van der Waals surface area contributed by atoms with Crippen molar-refractivity contribution < 1.29 is 43.5 Å². The lowest BCUT2D eigenvalue weighted by molar-refractivity contribution is -0.143. The van der Waals surface area contributed by atoms with Gasteiger partial charge in [0, 0.05) is 53.7 Å². The van der Waals surface area contributed by atoms with Crippen LogP contribution >= 0.6 is 21.6 Å². The first kappa shape index (κ1) is 43.2. The molecule has 304 valence electrons. The minimum atomic E-state index is -1.70. The monoisotopic (exact) mass is 817 g/mol. The third-order valence-electron chi connectivity index (χ3n) is 9.00. The van der Waals surface area contributed by atoms with Crippen molar-refractivity contribution in [2.75, 3.05) is 31.1 Å². The van der Waals surface area contributed by atoms with Gasteiger partial charge in [0.2, 0.25) is 35.4 Å². The fourth-order valence-corrected chi connectivity index (χ4v) is 8.38. The predicted molar refractivity (Wildman–Crippen MR) is 208 cm³/mol. The maximum absolute atomic E-state index is 14.4. The molecule has 0 radical (unpaired) electrons. The second-order valence-electron chi connectivity index (χ2n) is 13.1. The summed E-state index contributed by atoms with van der Waals surface area (Å²) < 4.78 is 0. The Morgan fingerprint density at radius 3 is 2.38 bits per heavy atom. The standard InChI is InChI=1S/C34H47N11O9S2/c35-29(50)23-17-56-55-13-10-25(46)41-21(8-3-4-11-38-34(36)37)30(51)40-16-26(47)42-22(14-27(48)49)31(52)44-28(19-15-39-20-7-2-1-6-18(19)20)33(54)45-12-5-9-24(45)32(53)43-23/h1-2,6-7,15,21-24,28,39H,3-5,8-14,16-17H2,(H2,35,50)(H,40,51)(H,41,46)(H,42,47)(H,43,53)(H,44,52)(H,48,49)(H4,36,37,38)/t21-,22-,23?,24-,28?/m0/s1. The molecule has 3 heterocycles. The Morgan fingerprint density at radius 1 is 0.893 bits per heavy atom. The Morgan fingerprint density at radius 2 is 1.64 bits per heavy atom. The minimum absolute atomic E-state index is 0.0216. The normalized spacial score (nSPS) is 23.9. The van der Waals surface area contributed by atoms with Crippen LogP contribution in [0.15, 0.2) is 35.5 Å². The zero-order valence-electron chi connectivity index (χ0n) is 30.4. The third kappa shape index (κ3) is 12.5. The Balaban J connectivity index is 1.64. The number of nitrogens with one attached hydrogen (secondary N) is 6. The molecule has 2 aliphatic heterocycles. The van der Waals surface area contributed by atoms with Crippen molar-refractivity contribution >= 4 is 85.8 Å². The lowest BCUT2D eigenvalue weighted by Gasteiger charge is -2.30. The average Bonchev–Trinajstić information content (AvgIpc) is 3.81. The second-order valence-corrected chi connectivity index (χ2v) is 15.7. The number of amides is 7. The molecule has 0 saturated carbocycles. The number of fused-ring (bicyclic) bond motifs is 2. The molecule has 2 aliphatic rings. The Labute approximate surface area is 329 Å². The fraction of sp³-hybridized carbons (Fsp3) is 0.500. The lowest BCUT2D eigenvalue weighted by atomic mass is 10.0. The van der Waals surface area contributed by atoms with Gasteiger partial charge < -0.3 is 58.8 Å². The van der Waals surface area contributed by atoms with Crippen LogP contribution < -0.4 is 43.8 Å². The van der Waals surface area contributed by atoms with Crippen molar-refractivity contribution in [2.45, 2.75) is 75.2 Å². The number of unbranched alkanes of at least 4 members (excludes halogenated alkanes) is 1. The van der Waals surface area contributed by atoms with Crippen molar-refractivity contribution in [1.29, 1.82) is 0 Å². The van der Waals surface area contributed by atoms with Crippen LogP contribution in [-0.4, -0.2) is 124 Å². The van der Waals surface area contributed by atoms with E-state index in [-0.39, 0.29) is 49.8 Å². The summed E-state index contributed by atoms with van der Waals surface area (Å²) in [6.07, 6.45) is 2.34. The van der Waals surface area contributed by atoms with Crippen molar-refractivity contribution in [3.05, 3.63) is 36.0 Å². The highest BCUT2D eigenvalue weighted by atomic mass is 33.1. The van der Waals surface area contributed by atoms with Crippen molar-refractivity contribution in [1.82, 2.24) is 36.5 Å². The number of aliphatic imine (C=N–C) groups is 1. The number of benzene rings is 1. The number of hydrogen-bond acceptors (Lipinski definition) is 11. The Bertz CT molecular complexity index is 1820. The van der Waals surface area contributed by atoms with Crippen LogP contribution in [0, 0.1) is 0 Å². The van der Waals surface area contributed by atoms with Gasteiger partial charge in [-0.05, 0) is 38.2 Å². The van der Waals surface area contributed by atoms with E-state index in [0.29, 0.717) is 35.7 Å². The number of aliphatic carboxylic acids is 1. The summed E-state index contributed by atoms with van der Waals surface area (Å²) in [5.41, 5.74) is 17.3. The number of carbonyl (C=O) groups is 8. The summed E-state index contributed by atoms with van der Waals surface area (Å²) in [5, 5.41) is 22.9. The summed E-state index contributed by atoms with van der Waals surface area (Å²) in [4.78, 5) is 114. The number of carbonyl (C=O) groups excluding carboxylic acids is 7. The molecule has 2 saturated heterocycles. The molecule has 1 aromatic heterocycles. The van der Waals surface area contributed by atoms with Gasteiger partial charge in [-0.3, -0.25) is 43.3 Å². The molecule has 2 unspecified atom stereocenters. The largest absolute Gasteiger partial charge is 0.481 e. The van der Waals surface area contributed by atoms with Crippen LogP contribution in [0.5, 0.6) is 0 Å². The topological polar surface area (TPSA) is 326 Å². The van der Waals surface area contributed by atoms with E-state index in [1.807, 2.05) is 0 Å². The molecule has 7 amide bonds. The van der Waals surface area contributed by atoms with E-state index in [2.05, 4.69) is 36.6 Å². The maximum atomic E-state index is 14.4. The summed E-state index contributed by atoms with van der Waals surface area (Å²) in [5.74, 6) is -6.47. The first-order chi connectivity index (χ1) is 26.7. The first-order valence-electron chi connectivity index (χ1n) is 17.9. The van der Waals surface area contributed by atoms with E-state index >= 15 is 0 Å². The number of primary amides is 1. The van der Waals surface area contributed by atoms with Gasteiger partial charge in [-0.25, -0.2) is 0 Å². The SMILES string of the molecule is NC(=O)C1CSSCCC(=O)N[C@@H](CCCCN=C(N)N)C(=O)NCC(=O)N[C@@H](CC(=O)O)C(=O)NC(c2c[nH]c3ccccc23)C(=O)N2CCC[C@H]2C(=O)N1. The fourth-order valence-electron chi connectivity index (χ4n) is 6.21. The van der Waals surface area contributed by atoms with Gasteiger partial charge in [0.25, 0.3) is 5.91 Å². The smallest absolute Gasteiger partial charge is 0.305 e. The number of carboxylic acids is 1. The van der Waals surface area contributed by atoms with Gasteiger partial charge in [-0.2, -0.15) is 0 Å². The average molecular weight is 818 g/mol. The maximum Gasteiger partial charge on any atom is 0.305 e. The zero-order chi connectivity index (χ0) is 40.8. The van der Waals surface area contributed by atoms with E-state index in [1.54, 1.807) is 24.3 Å². The van der Waals surface area contributed by atoms with Crippen molar-refractivity contribution in [3.63, 3.8) is 0 Å². The van der Waals surface area contributed by atoms with Crippen LogP contribution in [-0.2, 0) is 38.4 Å². The van der Waals surface area contributed by atoms with E-state index < -0.39 is 90.5 Å². The minimum Gasteiger partial charge on any atom is -0.481 e. The van der Waals surface area contributed by atoms with Gasteiger partial charge in [0.1, 0.15) is 30.2 Å². The van der Waals surface area contributed by atoms with Gasteiger partial charge in [0.15, 0.2) is 5.96 Å². The molecule has 4 rings (SSSR count). The van der Waals surface area contributed by atoms with Crippen LogP contribution in [0.2, 0.25) is 0 Å². The zero-order valence-corrected chi connectivity index (χ0v) is 32.0. The molecule has 5 atom stereocenters. The molecule has 13 N–H and O–H groups in total. The number of carboxylic acid groups (broad SMARTS) is 1. The Kier molecular flexibility index (Phi) is 16.2. The highest BCUT2D eigenvalue weighted by Gasteiger charge is 2.41. The van der Waals surface area contributed by atoms with Crippen LogP contribution in [0.3, 0.4) is 0 Å². The van der Waals surface area contributed by atoms with Gasteiger partial charge in [-0.1, -0.05) is 39.8 Å². The number of rotatable bonds is 9. The number of para-hydroxylation sites is 1. The van der Waals surface area contributed by atoms with Gasteiger partial charge >= 0.3 is 5.97 Å². The Hall–Kier alpha value is -5.51. The molecular weight excluding hydrogens is 771 g/mol. The number of nitrogens with zero attached hydrogens (tertiary/aromatic N) is 2. The number of H-pyrrole nitrogens is 1. The number of aromatic nitrogens is 1. The van der Waals surface area contributed by atoms with Crippen LogP contribution in [0.1, 0.15) is 56.6 Å². The molecule has 1 aromatic carbocycles. The molecule has 2 aromatic rings. The summed E-state index contributed by atoms with van der Waals surface area (Å²) >= 11 is 0. The summed E-state index contributed by atoms with van der Waals surface area (Å²) in [6.45, 7) is -0.260. The molecule has 56 heavy (non-hydrogen) atoms. The van der Waals surface area contributed by atoms with E-state index in [9.17, 15) is 43.5 Å². The first-order valence-corrected chi connectivity index (χ1v) is 20.4. The number of guanidine groups is 1. The van der Waals surface area contributed by atoms with Crippen LogP contribution in [0.25, 0.3) is 10.9 Å². The third-order valence-corrected chi connectivity index (χ3v) is 11.4. The van der Waals surface area contributed by atoms with Crippen molar-refractivity contribution in [3.8, 4) is 0 Å². The molecule has 0 bridgehead atoms. The predicted octanol–water partition coefficient (Wildman–Crippen LogP) is -1.92. The van der Waals surface area contributed by atoms with E-state index in [4.69, 9.17) is 17.2 Å². The molecule has 0 aliphatic carbocycles. The molecule has 20 nitrogen and oxygen atoms in total. The van der Waals surface area contributed by atoms with Crippen molar-refractivity contribution in [2.24, 2.45) is 22.2 Å². The summed E-state index contributed by atoms with van der Waals surface area (Å²) in [7, 11) is 2.44.